The van der Waals surface area contributed by atoms with E-state index in [9.17, 15) is 18.0 Å². The van der Waals surface area contributed by atoms with Crippen LogP contribution in [0.25, 0.3) is 10.9 Å². The summed E-state index contributed by atoms with van der Waals surface area (Å²) in [5.41, 5.74) is 0.717. The highest BCUT2D eigenvalue weighted by Crippen LogP contribution is 2.37. The molecule has 0 aliphatic carbocycles. The highest BCUT2D eigenvalue weighted by atomic mass is 35.5. The van der Waals surface area contributed by atoms with Gasteiger partial charge in [-0.15, -0.1) is 0 Å². The minimum Gasteiger partial charge on any atom is -0.496 e. The lowest BCUT2D eigenvalue weighted by atomic mass is 10.0. The molecule has 0 bridgehead atoms. The number of imidazole rings is 1. The second kappa shape index (κ2) is 6.84. The quantitative estimate of drug-likeness (QED) is 0.487. The number of aromatic nitrogens is 3. The average Bonchev–Trinajstić information content (AvgIpc) is 2.92. The van der Waals surface area contributed by atoms with Gasteiger partial charge in [-0.2, -0.15) is 13.2 Å². The fraction of sp³-hybridized carbons (Fsp3) is 0.278. The van der Waals surface area contributed by atoms with Gasteiger partial charge in [0.1, 0.15) is 22.4 Å². The number of halogens is 4. The maximum Gasteiger partial charge on any atom is 0.393 e. The first kappa shape index (κ1) is 19.2. The molecule has 0 saturated carbocycles. The fourth-order valence-corrected chi connectivity index (χ4v) is 3.08. The summed E-state index contributed by atoms with van der Waals surface area (Å²) in [5.74, 6) is 0.310. The van der Waals surface area contributed by atoms with E-state index in [4.69, 9.17) is 16.3 Å². The lowest BCUT2D eigenvalue weighted by Crippen LogP contribution is -2.14. The maximum absolute atomic E-state index is 12.9. The van der Waals surface area contributed by atoms with Gasteiger partial charge in [-0.25, -0.2) is 9.97 Å². The molecule has 3 rings (SSSR count). The first-order valence-corrected chi connectivity index (χ1v) is 8.26. The van der Waals surface area contributed by atoms with Gasteiger partial charge in [-0.3, -0.25) is 4.79 Å². The third-order valence-corrected chi connectivity index (χ3v) is 4.59. The largest absolute Gasteiger partial charge is 0.496 e. The first-order chi connectivity index (χ1) is 12.6. The van der Waals surface area contributed by atoms with Crippen LogP contribution in [0.1, 0.15) is 27.4 Å². The summed E-state index contributed by atoms with van der Waals surface area (Å²) in [6.07, 6.45) is -4.31. The van der Waals surface area contributed by atoms with E-state index in [1.807, 2.05) is 0 Å². The molecule has 142 valence electrons. The van der Waals surface area contributed by atoms with Crippen molar-refractivity contribution in [3.63, 3.8) is 0 Å². The minimum absolute atomic E-state index is 0.0434. The molecule has 2 heterocycles. The third kappa shape index (κ3) is 3.62. The number of ether oxygens (including phenoxy) is 1. The van der Waals surface area contributed by atoms with Crippen molar-refractivity contribution in [3.05, 3.63) is 52.2 Å². The minimum atomic E-state index is -4.48. The smallest absolute Gasteiger partial charge is 0.393 e. The van der Waals surface area contributed by atoms with Crippen molar-refractivity contribution >= 4 is 28.3 Å². The summed E-state index contributed by atoms with van der Waals surface area (Å²) >= 11 is 5.95. The number of carbonyl (C=O) groups excluding carboxylic acids is 1. The second-order valence-corrected chi connectivity index (χ2v) is 6.38. The molecule has 0 radical (unpaired) electrons. The number of fused-ring (bicyclic) bond motifs is 1. The molecule has 0 N–H and O–H groups in total. The van der Waals surface area contributed by atoms with Crippen LogP contribution >= 0.6 is 11.6 Å². The van der Waals surface area contributed by atoms with Gasteiger partial charge in [0.15, 0.2) is 0 Å². The van der Waals surface area contributed by atoms with Crippen LogP contribution in [0, 0.1) is 6.92 Å². The number of nitrogens with zero attached hydrogens (tertiary/aromatic N) is 3. The standard InChI is InChI=1S/C18H15ClF3N3O2/c1-9-23-8-14(25(9)2)15(26)10-4-5-13-11(6-10)16(27-3)12(17(19)24-13)7-18(20,21)22/h4-6,8H,7H2,1-3H3. The number of alkyl halides is 3. The molecular weight excluding hydrogens is 383 g/mol. The Balaban J connectivity index is 2.17. The van der Waals surface area contributed by atoms with E-state index in [1.54, 1.807) is 24.6 Å². The van der Waals surface area contributed by atoms with Crippen LogP contribution in [-0.2, 0) is 13.5 Å². The van der Waals surface area contributed by atoms with Gasteiger partial charge in [0.25, 0.3) is 0 Å². The van der Waals surface area contributed by atoms with Gasteiger partial charge >= 0.3 is 6.18 Å². The highest BCUT2D eigenvalue weighted by Gasteiger charge is 2.32. The lowest BCUT2D eigenvalue weighted by molar-refractivity contribution is -0.127. The molecule has 5 nitrogen and oxygen atoms in total. The Kier molecular flexibility index (Phi) is 4.86. The van der Waals surface area contributed by atoms with Crippen molar-refractivity contribution in [2.75, 3.05) is 7.11 Å². The molecule has 0 saturated heterocycles. The molecule has 2 aromatic heterocycles. The van der Waals surface area contributed by atoms with E-state index in [2.05, 4.69) is 9.97 Å². The number of ketones is 1. The molecule has 1 aromatic carbocycles. The number of benzene rings is 1. The number of carbonyl (C=O) groups is 1. The number of pyridine rings is 1. The Bertz CT molecular complexity index is 1040. The van der Waals surface area contributed by atoms with Gasteiger partial charge in [0, 0.05) is 23.6 Å². The summed E-state index contributed by atoms with van der Waals surface area (Å²) in [6.45, 7) is 1.76. The summed E-state index contributed by atoms with van der Waals surface area (Å²) in [7, 11) is 2.96. The van der Waals surface area contributed by atoms with E-state index in [0.717, 1.165) is 0 Å². The Labute approximate surface area is 157 Å². The van der Waals surface area contributed by atoms with Crippen molar-refractivity contribution in [1.29, 1.82) is 0 Å². The zero-order valence-corrected chi connectivity index (χ0v) is 15.4. The zero-order chi connectivity index (χ0) is 19.9. The summed E-state index contributed by atoms with van der Waals surface area (Å²) in [4.78, 5) is 20.9. The topological polar surface area (TPSA) is 57.0 Å². The van der Waals surface area contributed by atoms with Crippen LogP contribution in [-0.4, -0.2) is 33.6 Å². The Morgan fingerprint density at radius 3 is 2.59 bits per heavy atom. The van der Waals surface area contributed by atoms with Crippen LogP contribution < -0.4 is 4.74 Å². The molecule has 0 atom stereocenters. The summed E-state index contributed by atoms with van der Waals surface area (Å²) in [5, 5.41) is 0.00361. The van der Waals surface area contributed by atoms with E-state index < -0.39 is 12.6 Å². The van der Waals surface area contributed by atoms with Gasteiger partial charge in [0.05, 0.1) is 25.2 Å². The van der Waals surface area contributed by atoms with Gasteiger partial charge in [0.2, 0.25) is 5.78 Å². The summed E-state index contributed by atoms with van der Waals surface area (Å²) < 4.78 is 45.6. The van der Waals surface area contributed by atoms with Crippen LogP contribution in [0.2, 0.25) is 5.15 Å². The van der Waals surface area contributed by atoms with Crippen LogP contribution in [0.4, 0.5) is 13.2 Å². The van der Waals surface area contributed by atoms with Crippen molar-refractivity contribution in [1.82, 2.24) is 14.5 Å². The predicted molar refractivity (Wildman–Crippen MR) is 94.4 cm³/mol. The molecule has 9 heteroatoms. The first-order valence-electron chi connectivity index (χ1n) is 7.88. The molecular formula is C18H15ClF3N3O2. The molecule has 3 aromatic rings. The van der Waals surface area contributed by atoms with Crippen molar-refractivity contribution < 1.29 is 22.7 Å². The van der Waals surface area contributed by atoms with E-state index in [1.165, 1.54) is 25.4 Å². The van der Waals surface area contributed by atoms with Gasteiger partial charge < -0.3 is 9.30 Å². The van der Waals surface area contributed by atoms with Gasteiger partial charge in [-0.1, -0.05) is 11.6 Å². The predicted octanol–water partition coefficient (Wildman–Crippen LogP) is 4.27. The maximum atomic E-state index is 12.9. The molecule has 27 heavy (non-hydrogen) atoms. The molecule has 0 fully saturated rings. The third-order valence-electron chi connectivity index (χ3n) is 4.28. The number of rotatable bonds is 4. The number of hydrogen-bond acceptors (Lipinski definition) is 4. The van der Waals surface area contributed by atoms with Crippen molar-refractivity contribution in [2.45, 2.75) is 19.5 Å². The number of aryl methyl sites for hydroxylation is 1. The Morgan fingerprint density at radius 1 is 1.33 bits per heavy atom. The van der Waals surface area contributed by atoms with E-state index >= 15 is 0 Å². The zero-order valence-electron chi connectivity index (χ0n) is 14.7. The van der Waals surface area contributed by atoms with Crippen LogP contribution in [0.5, 0.6) is 5.75 Å². The second-order valence-electron chi connectivity index (χ2n) is 6.02. The summed E-state index contributed by atoms with van der Waals surface area (Å²) in [6, 6.07) is 4.53. The normalized spacial score (nSPS) is 11.8. The molecule has 0 amide bonds. The monoisotopic (exact) mass is 397 g/mol. The van der Waals surface area contributed by atoms with Crippen LogP contribution in [0.15, 0.2) is 24.4 Å². The SMILES string of the molecule is COc1c(CC(F)(F)F)c(Cl)nc2ccc(C(=O)c3cnc(C)n3C)cc12. The molecule has 0 spiro atoms. The fourth-order valence-electron chi connectivity index (χ4n) is 2.83. The highest BCUT2D eigenvalue weighted by molar-refractivity contribution is 6.31. The van der Waals surface area contributed by atoms with E-state index in [-0.39, 0.29) is 33.2 Å². The molecule has 0 unspecified atom stereocenters. The van der Waals surface area contributed by atoms with Crippen LogP contribution in [0.3, 0.4) is 0 Å². The van der Waals surface area contributed by atoms with Gasteiger partial charge in [-0.05, 0) is 25.1 Å². The van der Waals surface area contributed by atoms with Crippen molar-refractivity contribution in [2.24, 2.45) is 7.05 Å². The Hall–Kier alpha value is -2.61. The molecule has 0 aliphatic heterocycles. The Morgan fingerprint density at radius 2 is 2.04 bits per heavy atom. The molecule has 0 aliphatic rings. The number of methoxy groups -OCH3 is 1. The number of hydrogen-bond donors (Lipinski definition) is 0. The average molecular weight is 398 g/mol. The van der Waals surface area contributed by atoms with E-state index in [0.29, 0.717) is 17.0 Å². The lowest BCUT2D eigenvalue weighted by Gasteiger charge is -2.15. The van der Waals surface area contributed by atoms with Crippen molar-refractivity contribution in [3.8, 4) is 5.75 Å².